The number of hydrogen-bond donors (Lipinski definition) is 4. The van der Waals surface area contributed by atoms with E-state index in [2.05, 4.69) is 10.6 Å². The van der Waals surface area contributed by atoms with Crippen LogP contribution >= 0.6 is 23.5 Å². The molecule has 4 aromatic rings. The Balaban J connectivity index is 0.000000278. The first-order chi connectivity index (χ1) is 26.1. The molecule has 54 heavy (non-hydrogen) atoms. The molecule has 1 aliphatic heterocycles. The number of aliphatic hydroxyl groups excluding tert-OH is 2. The monoisotopic (exact) mass is 780 g/mol. The number of nitrogens with one attached hydrogen (secondary N) is 2. The molecule has 11 nitrogen and oxygen atoms in total. The number of halogens is 1. The normalized spacial score (nSPS) is 14.8. The second-order valence-electron chi connectivity index (χ2n) is 11.4. The van der Waals surface area contributed by atoms with Gasteiger partial charge >= 0.3 is 0 Å². The van der Waals surface area contributed by atoms with E-state index in [4.69, 9.17) is 14.2 Å². The minimum absolute atomic E-state index is 0.00201. The number of rotatable bonds is 16. The lowest BCUT2D eigenvalue weighted by Crippen LogP contribution is -2.32. The van der Waals surface area contributed by atoms with Gasteiger partial charge in [-0.25, -0.2) is 4.39 Å². The first kappa shape index (κ1) is 43.5. The van der Waals surface area contributed by atoms with E-state index < -0.39 is 18.0 Å². The summed E-state index contributed by atoms with van der Waals surface area (Å²) in [6.07, 6.45) is 1.45. The Kier molecular flexibility index (Phi) is 18.5. The van der Waals surface area contributed by atoms with Gasteiger partial charge in [-0.2, -0.15) is 11.8 Å². The van der Waals surface area contributed by atoms with Crippen molar-refractivity contribution in [3.63, 3.8) is 0 Å². The molecule has 14 heteroatoms. The van der Waals surface area contributed by atoms with Crippen molar-refractivity contribution in [3.05, 3.63) is 125 Å². The summed E-state index contributed by atoms with van der Waals surface area (Å²) in [6.45, 7) is 4.11. The van der Waals surface area contributed by atoms with Gasteiger partial charge in [-0.1, -0.05) is 74.1 Å². The maximum atomic E-state index is 13.2. The van der Waals surface area contributed by atoms with Crippen LogP contribution in [0.2, 0.25) is 0 Å². The molecule has 4 amide bonds. The Morgan fingerprint density at radius 3 is 1.93 bits per heavy atom. The third-order valence-electron chi connectivity index (χ3n) is 7.76. The van der Waals surface area contributed by atoms with Crippen molar-refractivity contribution >= 4 is 47.0 Å². The standard InChI is InChI=1S/C19H20FNO4S.C19H19NO5S.C2H6/c1-26-18(19(24)21-12-22)9-13-5-7-16(8-6-13)25-11-17(23)14-3-2-4-15(20)10-14;1-24-15-4-2-3-13(10-15)16(21)11-25-14-7-5-12(6-8-14)9-17-18(22)20-19(23)26-17;1-2/h2-8,10,12,17-18,23H,9,11H2,1H3,(H,21,22,24);2-8,10,16-17,21H,9,11H2,1H3,(H,20,22,23);1-2H3. The van der Waals surface area contributed by atoms with Crippen LogP contribution in [0.4, 0.5) is 9.18 Å². The lowest BCUT2D eigenvalue weighted by Gasteiger charge is -2.14. The maximum Gasteiger partial charge on any atom is 0.286 e. The van der Waals surface area contributed by atoms with Gasteiger partial charge in [-0.3, -0.25) is 29.8 Å². The van der Waals surface area contributed by atoms with Crippen LogP contribution < -0.4 is 24.8 Å². The molecule has 1 fully saturated rings. The zero-order valence-corrected chi connectivity index (χ0v) is 32.0. The van der Waals surface area contributed by atoms with Crippen molar-refractivity contribution in [2.45, 2.75) is 49.4 Å². The average Bonchev–Trinajstić information content (AvgIpc) is 3.52. The van der Waals surface area contributed by atoms with Gasteiger partial charge in [0.1, 0.15) is 48.5 Å². The quantitative estimate of drug-likeness (QED) is 0.0958. The highest BCUT2D eigenvalue weighted by Crippen LogP contribution is 2.25. The first-order valence-electron chi connectivity index (χ1n) is 17.1. The summed E-state index contributed by atoms with van der Waals surface area (Å²) in [6, 6.07) is 27.3. The predicted molar refractivity (Wildman–Crippen MR) is 208 cm³/mol. The molecule has 0 aromatic heterocycles. The summed E-state index contributed by atoms with van der Waals surface area (Å²) in [5, 5.41) is 23.7. The van der Waals surface area contributed by atoms with Gasteiger partial charge in [0.05, 0.1) is 17.6 Å². The molecule has 288 valence electrons. The van der Waals surface area contributed by atoms with Gasteiger partial charge in [-0.15, -0.1) is 0 Å². The highest BCUT2D eigenvalue weighted by Gasteiger charge is 2.31. The molecule has 4 aromatic carbocycles. The SMILES string of the molecule is CC.COc1cccc(C(O)COc2ccc(CC3SC(=O)NC3=O)cc2)c1.CSC(Cc1ccc(OCC(O)c2cccc(F)c2)cc1)C(=O)NC=O. The first-order valence-corrected chi connectivity index (χ1v) is 19.2. The molecule has 0 saturated carbocycles. The Morgan fingerprint density at radius 2 is 1.43 bits per heavy atom. The van der Waals surface area contributed by atoms with Crippen LogP contribution in [-0.2, 0) is 27.2 Å². The molecular formula is C40H45FN2O9S2. The number of methoxy groups -OCH3 is 1. The van der Waals surface area contributed by atoms with Crippen molar-refractivity contribution in [1.82, 2.24) is 10.6 Å². The molecule has 0 radical (unpaired) electrons. The van der Waals surface area contributed by atoms with Gasteiger partial charge in [0.2, 0.25) is 18.2 Å². The van der Waals surface area contributed by atoms with E-state index >= 15 is 0 Å². The van der Waals surface area contributed by atoms with Crippen LogP contribution in [-0.4, -0.2) is 70.8 Å². The highest BCUT2D eigenvalue weighted by molar-refractivity contribution is 8.15. The molecular weight excluding hydrogens is 736 g/mol. The van der Waals surface area contributed by atoms with Crippen molar-refractivity contribution in [3.8, 4) is 17.2 Å². The van der Waals surface area contributed by atoms with E-state index in [9.17, 15) is 33.8 Å². The fourth-order valence-electron chi connectivity index (χ4n) is 4.94. The minimum Gasteiger partial charge on any atom is -0.497 e. The summed E-state index contributed by atoms with van der Waals surface area (Å²) < 4.78 is 29.5. The Hall–Kier alpha value is -4.89. The van der Waals surface area contributed by atoms with E-state index in [1.807, 2.05) is 56.3 Å². The molecule has 4 N–H and O–H groups in total. The fraction of sp³-hybridized carbons (Fsp3) is 0.300. The van der Waals surface area contributed by atoms with Gasteiger partial charge in [0, 0.05) is 0 Å². The van der Waals surface area contributed by atoms with Crippen molar-refractivity contribution in [2.24, 2.45) is 0 Å². The largest absolute Gasteiger partial charge is 0.497 e. The zero-order valence-electron chi connectivity index (χ0n) is 30.4. The number of aliphatic hydroxyl groups is 2. The molecule has 0 spiro atoms. The van der Waals surface area contributed by atoms with Crippen LogP contribution in [0.3, 0.4) is 0 Å². The number of thioether (sulfide) groups is 2. The summed E-state index contributed by atoms with van der Waals surface area (Å²) >= 11 is 2.38. The molecule has 0 aliphatic carbocycles. The van der Waals surface area contributed by atoms with Crippen molar-refractivity contribution in [2.75, 3.05) is 26.6 Å². The topological polar surface area (TPSA) is 160 Å². The number of hydrogen-bond acceptors (Lipinski definition) is 11. The molecule has 1 saturated heterocycles. The summed E-state index contributed by atoms with van der Waals surface area (Å²) in [7, 11) is 1.58. The molecule has 4 atom stereocenters. The zero-order chi connectivity index (χ0) is 39.5. The highest BCUT2D eigenvalue weighted by atomic mass is 32.2. The molecule has 4 unspecified atom stereocenters. The maximum absolute atomic E-state index is 13.2. The third-order valence-corrected chi connectivity index (χ3v) is 9.69. The van der Waals surface area contributed by atoms with Gasteiger partial charge in [0.25, 0.3) is 5.24 Å². The van der Waals surface area contributed by atoms with Crippen LogP contribution in [0.15, 0.2) is 97.1 Å². The van der Waals surface area contributed by atoms with Crippen molar-refractivity contribution in [1.29, 1.82) is 0 Å². The number of carbonyl (C=O) groups excluding carboxylic acids is 4. The molecule has 5 rings (SSSR count). The minimum atomic E-state index is -0.932. The third kappa shape index (κ3) is 14.2. The number of benzene rings is 4. The number of ether oxygens (including phenoxy) is 3. The average molecular weight is 781 g/mol. The number of amides is 4. The van der Waals surface area contributed by atoms with Crippen LogP contribution in [0.5, 0.6) is 17.2 Å². The Bertz CT molecular complexity index is 1800. The van der Waals surface area contributed by atoms with Gasteiger partial charge < -0.3 is 24.4 Å². The molecule has 1 heterocycles. The van der Waals surface area contributed by atoms with E-state index in [1.54, 1.807) is 49.8 Å². The van der Waals surface area contributed by atoms with Gasteiger partial charge in [0.15, 0.2) is 0 Å². The van der Waals surface area contributed by atoms with E-state index in [0.717, 1.165) is 28.5 Å². The van der Waals surface area contributed by atoms with Gasteiger partial charge in [-0.05, 0) is 89.9 Å². The number of imide groups is 2. The summed E-state index contributed by atoms with van der Waals surface area (Å²) in [4.78, 5) is 44.9. The summed E-state index contributed by atoms with van der Waals surface area (Å²) in [5.74, 6) is 0.872. The smallest absolute Gasteiger partial charge is 0.286 e. The molecule has 1 aliphatic rings. The van der Waals surface area contributed by atoms with Crippen molar-refractivity contribution < 1.29 is 48.0 Å². The van der Waals surface area contributed by atoms with E-state index in [-0.39, 0.29) is 40.8 Å². The predicted octanol–water partition coefficient (Wildman–Crippen LogP) is 6.21. The lowest BCUT2D eigenvalue weighted by atomic mass is 10.1. The van der Waals surface area contributed by atoms with E-state index in [0.29, 0.717) is 42.1 Å². The second-order valence-corrected chi connectivity index (χ2v) is 13.6. The summed E-state index contributed by atoms with van der Waals surface area (Å²) in [5.41, 5.74) is 3.03. The van der Waals surface area contributed by atoms with Crippen LogP contribution in [0.25, 0.3) is 0 Å². The molecule has 0 bridgehead atoms. The Labute approximate surface area is 323 Å². The second kappa shape index (κ2) is 23.0. The van der Waals surface area contributed by atoms with Crippen LogP contribution in [0.1, 0.15) is 48.3 Å². The van der Waals surface area contributed by atoms with Crippen LogP contribution in [0, 0.1) is 5.82 Å². The number of carbonyl (C=O) groups is 4. The van der Waals surface area contributed by atoms with E-state index in [1.165, 1.54) is 30.0 Å². The fourth-order valence-corrected chi connectivity index (χ4v) is 6.44. The lowest BCUT2D eigenvalue weighted by molar-refractivity contribution is -0.125. The Morgan fingerprint density at radius 1 is 0.870 bits per heavy atom.